The molecule has 0 spiro atoms. The molecule has 3 rings (SSSR count). The minimum absolute atomic E-state index is 0.0416. The van der Waals surface area contributed by atoms with Crippen LogP contribution in [0.2, 0.25) is 5.02 Å². The van der Waals surface area contributed by atoms with Gasteiger partial charge in [0.1, 0.15) is 0 Å². The third kappa shape index (κ3) is 5.42. The Morgan fingerprint density at radius 2 is 1.66 bits per heavy atom. The maximum absolute atomic E-state index is 12.1. The minimum Gasteiger partial charge on any atom is -0.326 e. The van der Waals surface area contributed by atoms with E-state index >= 15 is 0 Å². The third-order valence-corrected chi connectivity index (χ3v) is 5.05. The van der Waals surface area contributed by atoms with E-state index in [9.17, 15) is 9.59 Å². The van der Waals surface area contributed by atoms with Crippen molar-refractivity contribution in [1.29, 1.82) is 0 Å². The molecule has 148 valence electrons. The zero-order valence-electron chi connectivity index (χ0n) is 16.3. The molecule has 0 aliphatic rings. The SMILES string of the molecule is CC(=NNC(=O)CCC(=O)Nc1cccc(Cl)c1C)c1ccc2ccccc2c1. The summed E-state index contributed by atoms with van der Waals surface area (Å²) in [5.74, 6) is -0.566. The Kier molecular flexibility index (Phi) is 6.62. The summed E-state index contributed by atoms with van der Waals surface area (Å²) >= 11 is 6.05. The lowest BCUT2D eigenvalue weighted by Gasteiger charge is -2.09. The molecular formula is C23H22ClN3O2. The fraction of sp³-hybridized carbons (Fsp3) is 0.174. The molecule has 0 saturated heterocycles. The molecule has 0 bridgehead atoms. The van der Waals surface area contributed by atoms with Gasteiger partial charge in [0.15, 0.2) is 0 Å². The summed E-state index contributed by atoms with van der Waals surface area (Å²) < 4.78 is 0. The van der Waals surface area contributed by atoms with Crippen LogP contribution in [0.15, 0.2) is 65.8 Å². The number of halogens is 1. The maximum Gasteiger partial charge on any atom is 0.240 e. The van der Waals surface area contributed by atoms with E-state index in [0.717, 1.165) is 21.9 Å². The van der Waals surface area contributed by atoms with Crippen molar-refractivity contribution in [1.82, 2.24) is 5.43 Å². The van der Waals surface area contributed by atoms with Crippen molar-refractivity contribution in [2.45, 2.75) is 26.7 Å². The predicted octanol–water partition coefficient (Wildman–Crippen LogP) is 5.06. The van der Waals surface area contributed by atoms with Crippen molar-refractivity contribution in [2.24, 2.45) is 5.10 Å². The van der Waals surface area contributed by atoms with Gasteiger partial charge in [-0.15, -0.1) is 0 Å². The summed E-state index contributed by atoms with van der Waals surface area (Å²) in [5.41, 5.74) is 5.58. The molecule has 0 heterocycles. The zero-order chi connectivity index (χ0) is 20.8. The van der Waals surface area contributed by atoms with Crippen molar-refractivity contribution >= 4 is 45.6 Å². The summed E-state index contributed by atoms with van der Waals surface area (Å²) in [6.45, 7) is 3.66. The van der Waals surface area contributed by atoms with Crippen LogP contribution in [0.25, 0.3) is 10.8 Å². The van der Waals surface area contributed by atoms with Gasteiger partial charge in [0.05, 0.1) is 5.71 Å². The van der Waals surface area contributed by atoms with Crippen molar-refractivity contribution in [3.05, 3.63) is 76.8 Å². The number of hydrazone groups is 1. The van der Waals surface area contributed by atoms with E-state index in [0.29, 0.717) is 16.4 Å². The molecule has 0 unspecified atom stereocenters. The van der Waals surface area contributed by atoms with Crippen LogP contribution in [-0.2, 0) is 9.59 Å². The van der Waals surface area contributed by atoms with Crippen molar-refractivity contribution in [3.63, 3.8) is 0 Å². The van der Waals surface area contributed by atoms with Gasteiger partial charge < -0.3 is 5.32 Å². The number of nitrogens with one attached hydrogen (secondary N) is 2. The molecular weight excluding hydrogens is 386 g/mol. The molecule has 2 amide bonds. The summed E-state index contributed by atoms with van der Waals surface area (Å²) in [7, 11) is 0. The number of hydrogen-bond acceptors (Lipinski definition) is 3. The van der Waals surface area contributed by atoms with Crippen LogP contribution in [0.3, 0.4) is 0 Å². The Hall–Kier alpha value is -3.18. The number of benzene rings is 3. The highest BCUT2D eigenvalue weighted by Gasteiger charge is 2.09. The first-order valence-corrected chi connectivity index (χ1v) is 9.69. The average molecular weight is 408 g/mol. The lowest BCUT2D eigenvalue weighted by molar-refractivity contribution is -0.124. The Morgan fingerprint density at radius 1 is 0.931 bits per heavy atom. The Morgan fingerprint density at radius 3 is 2.45 bits per heavy atom. The fourth-order valence-corrected chi connectivity index (χ4v) is 3.04. The lowest BCUT2D eigenvalue weighted by Crippen LogP contribution is -2.22. The molecule has 0 saturated carbocycles. The third-order valence-electron chi connectivity index (χ3n) is 4.64. The Balaban J connectivity index is 1.53. The number of hydrogen-bond donors (Lipinski definition) is 2. The molecule has 2 N–H and O–H groups in total. The molecule has 0 fully saturated rings. The highest BCUT2D eigenvalue weighted by atomic mass is 35.5. The van der Waals surface area contributed by atoms with Gasteiger partial charge in [-0.25, -0.2) is 5.43 Å². The van der Waals surface area contributed by atoms with E-state index in [1.54, 1.807) is 18.2 Å². The van der Waals surface area contributed by atoms with E-state index in [4.69, 9.17) is 11.6 Å². The van der Waals surface area contributed by atoms with Gasteiger partial charge in [-0.2, -0.15) is 5.10 Å². The average Bonchev–Trinajstić information content (AvgIpc) is 2.73. The second kappa shape index (κ2) is 9.34. The Bertz CT molecular complexity index is 1090. The van der Waals surface area contributed by atoms with Gasteiger partial charge >= 0.3 is 0 Å². The topological polar surface area (TPSA) is 70.6 Å². The van der Waals surface area contributed by atoms with Crippen LogP contribution < -0.4 is 10.7 Å². The molecule has 0 atom stereocenters. The summed E-state index contributed by atoms with van der Waals surface area (Å²) in [6, 6.07) is 19.4. The van der Waals surface area contributed by atoms with Crippen molar-refractivity contribution < 1.29 is 9.59 Å². The van der Waals surface area contributed by atoms with Gasteiger partial charge in [0, 0.05) is 23.6 Å². The van der Waals surface area contributed by atoms with Crippen molar-refractivity contribution in [3.8, 4) is 0 Å². The highest BCUT2D eigenvalue weighted by molar-refractivity contribution is 6.31. The smallest absolute Gasteiger partial charge is 0.240 e. The van der Waals surface area contributed by atoms with Crippen LogP contribution in [0.4, 0.5) is 5.69 Å². The molecule has 0 radical (unpaired) electrons. The number of rotatable bonds is 6. The molecule has 6 heteroatoms. The van der Waals surface area contributed by atoms with Gasteiger partial charge in [0.2, 0.25) is 11.8 Å². The molecule has 29 heavy (non-hydrogen) atoms. The van der Waals surface area contributed by atoms with Crippen LogP contribution in [0.1, 0.15) is 30.9 Å². The number of anilines is 1. The summed E-state index contributed by atoms with van der Waals surface area (Å²) in [5, 5.41) is 9.77. The summed E-state index contributed by atoms with van der Waals surface area (Å²) in [4.78, 5) is 24.1. The first-order valence-electron chi connectivity index (χ1n) is 9.31. The zero-order valence-corrected chi connectivity index (χ0v) is 17.1. The van der Waals surface area contributed by atoms with E-state index < -0.39 is 0 Å². The number of fused-ring (bicyclic) bond motifs is 1. The van der Waals surface area contributed by atoms with Gasteiger partial charge in [-0.05, 0) is 53.9 Å². The second-order valence-corrected chi connectivity index (χ2v) is 7.16. The molecule has 5 nitrogen and oxygen atoms in total. The normalized spacial score (nSPS) is 11.3. The molecule has 0 aliphatic heterocycles. The first-order chi connectivity index (χ1) is 13.9. The van der Waals surface area contributed by atoms with E-state index in [1.807, 2.05) is 56.3 Å². The lowest BCUT2D eigenvalue weighted by atomic mass is 10.0. The van der Waals surface area contributed by atoms with Gasteiger partial charge in [-0.3, -0.25) is 9.59 Å². The molecule has 3 aromatic carbocycles. The molecule has 3 aromatic rings. The molecule has 0 aliphatic carbocycles. The van der Waals surface area contributed by atoms with Crippen LogP contribution in [0.5, 0.6) is 0 Å². The Labute approximate surface area is 174 Å². The van der Waals surface area contributed by atoms with Crippen LogP contribution in [-0.4, -0.2) is 17.5 Å². The predicted molar refractivity (Wildman–Crippen MR) is 118 cm³/mol. The van der Waals surface area contributed by atoms with Crippen LogP contribution >= 0.6 is 11.6 Å². The second-order valence-electron chi connectivity index (χ2n) is 6.75. The minimum atomic E-state index is -0.317. The fourth-order valence-electron chi connectivity index (χ4n) is 2.86. The first kappa shape index (κ1) is 20.6. The standard InChI is InChI=1S/C23H22ClN3O2/c1-15-20(24)8-5-9-21(15)25-22(28)12-13-23(29)27-26-16(2)18-11-10-17-6-3-4-7-19(17)14-18/h3-11,14H,12-13H2,1-2H3,(H,25,28)(H,27,29). The monoisotopic (exact) mass is 407 g/mol. The van der Waals surface area contributed by atoms with Gasteiger partial charge in [0.25, 0.3) is 0 Å². The van der Waals surface area contributed by atoms with E-state index in [2.05, 4.69) is 15.8 Å². The van der Waals surface area contributed by atoms with E-state index in [-0.39, 0.29) is 24.7 Å². The number of carbonyl (C=O) groups is 2. The van der Waals surface area contributed by atoms with Crippen LogP contribution in [0, 0.1) is 6.92 Å². The van der Waals surface area contributed by atoms with E-state index in [1.165, 1.54) is 0 Å². The number of amides is 2. The molecule has 0 aromatic heterocycles. The largest absolute Gasteiger partial charge is 0.326 e. The van der Waals surface area contributed by atoms with Gasteiger partial charge in [-0.1, -0.05) is 54.1 Å². The summed E-state index contributed by atoms with van der Waals surface area (Å²) in [6.07, 6.45) is 0.0995. The van der Waals surface area contributed by atoms with Crippen molar-refractivity contribution in [2.75, 3.05) is 5.32 Å². The highest BCUT2D eigenvalue weighted by Crippen LogP contribution is 2.23. The quantitative estimate of drug-likeness (QED) is 0.442. The number of nitrogens with zero attached hydrogens (tertiary/aromatic N) is 1. The number of carbonyl (C=O) groups excluding carboxylic acids is 2. The maximum atomic E-state index is 12.1.